The maximum atomic E-state index is 11.8. The Balaban J connectivity index is 1.84. The summed E-state index contributed by atoms with van der Waals surface area (Å²) in [5, 5.41) is 14.9. The van der Waals surface area contributed by atoms with E-state index in [1.807, 2.05) is 30.3 Å². The van der Waals surface area contributed by atoms with Crippen LogP contribution in [-0.4, -0.2) is 36.3 Å². The molecule has 0 radical (unpaired) electrons. The van der Waals surface area contributed by atoms with E-state index in [-0.39, 0.29) is 12.5 Å². The molecule has 0 bridgehead atoms. The number of carboxylic acid groups (broad SMARTS) is 1. The Morgan fingerprint density at radius 1 is 1.29 bits per heavy atom. The standard InChI is InChI=1S/C15H20N2O4/c18-14(19)13(12-6-8-16-9-7-12)17-15(20)21-10-11-4-2-1-3-5-11/h1-5,12-13,16H,6-10H2,(H,17,20)(H,18,19)/t13-/m0/s1. The summed E-state index contributed by atoms with van der Waals surface area (Å²) in [6, 6.07) is 8.37. The maximum Gasteiger partial charge on any atom is 0.408 e. The van der Waals surface area contributed by atoms with Gasteiger partial charge in [0.15, 0.2) is 0 Å². The van der Waals surface area contributed by atoms with Crippen LogP contribution in [0.5, 0.6) is 0 Å². The van der Waals surface area contributed by atoms with Crippen molar-refractivity contribution in [2.75, 3.05) is 13.1 Å². The van der Waals surface area contributed by atoms with Crippen LogP contribution in [0.4, 0.5) is 4.79 Å². The molecule has 1 heterocycles. The fourth-order valence-electron chi connectivity index (χ4n) is 2.45. The Kier molecular flexibility index (Phi) is 5.57. The van der Waals surface area contributed by atoms with Crippen molar-refractivity contribution in [3.05, 3.63) is 35.9 Å². The van der Waals surface area contributed by atoms with Crippen LogP contribution in [-0.2, 0) is 16.1 Å². The Morgan fingerprint density at radius 2 is 1.95 bits per heavy atom. The lowest BCUT2D eigenvalue weighted by molar-refractivity contribution is -0.141. The minimum absolute atomic E-state index is 0.0620. The zero-order valence-corrected chi connectivity index (χ0v) is 11.7. The van der Waals surface area contributed by atoms with Crippen LogP contribution in [0.15, 0.2) is 30.3 Å². The number of nitrogens with one attached hydrogen (secondary N) is 2. The molecular formula is C15H20N2O4. The number of carboxylic acids is 1. The number of rotatable bonds is 5. The minimum atomic E-state index is -1.02. The van der Waals surface area contributed by atoms with Gasteiger partial charge in [0, 0.05) is 0 Å². The Hall–Kier alpha value is -2.08. The number of carbonyl (C=O) groups is 2. The summed E-state index contributed by atoms with van der Waals surface area (Å²) < 4.78 is 5.07. The highest BCUT2D eigenvalue weighted by molar-refractivity contribution is 5.80. The van der Waals surface area contributed by atoms with Crippen LogP contribution >= 0.6 is 0 Å². The molecule has 6 nitrogen and oxygen atoms in total. The van der Waals surface area contributed by atoms with Gasteiger partial charge in [-0.3, -0.25) is 0 Å². The molecule has 21 heavy (non-hydrogen) atoms. The molecular weight excluding hydrogens is 272 g/mol. The quantitative estimate of drug-likeness (QED) is 0.763. The van der Waals surface area contributed by atoms with E-state index in [1.54, 1.807) is 0 Å². The zero-order chi connectivity index (χ0) is 15.1. The van der Waals surface area contributed by atoms with Gasteiger partial charge in [0.2, 0.25) is 0 Å². The van der Waals surface area contributed by atoms with Gasteiger partial charge in [-0.25, -0.2) is 9.59 Å². The first-order valence-corrected chi connectivity index (χ1v) is 7.07. The Morgan fingerprint density at radius 3 is 2.57 bits per heavy atom. The second-order valence-corrected chi connectivity index (χ2v) is 5.11. The number of alkyl carbamates (subject to hydrolysis) is 1. The summed E-state index contributed by atoms with van der Waals surface area (Å²) in [5.74, 6) is -1.08. The van der Waals surface area contributed by atoms with Gasteiger partial charge in [-0.2, -0.15) is 0 Å². The van der Waals surface area contributed by atoms with Crippen molar-refractivity contribution in [2.24, 2.45) is 5.92 Å². The first kappa shape index (κ1) is 15.3. The molecule has 2 rings (SSSR count). The highest BCUT2D eigenvalue weighted by Gasteiger charge is 2.31. The minimum Gasteiger partial charge on any atom is -0.480 e. The molecule has 0 unspecified atom stereocenters. The third-order valence-corrected chi connectivity index (χ3v) is 3.61. The highest BCUT2D eigenvalue weighted by Crippen LogP contribution is 2.17. The van der Waals surface area contributed by atoms with E-state index in [0.29, 0.717) is 0 Å². The van der Waals surface area contributed by atoms with Crippen molar-refractivity contribution < 1.29 is 19.4 Å². The molecule has 114 valence electrons. The van der Waals surface area contributed by atoms with E-state index in [4.69, 9.17) is 4.74 Å². The number of carbonyl (C=O) groups excluding carboxylic acids is 1. The van der Waals surface area contributed by atoms with Gasteiger partial charge in [-0.15, -0.1) is 0 Å². The summed E-state index contributed by atoms with van der Waals surface area (Å²) in [6.45, 7) is 1.68. The predicted molar refractivity (Wildman–Crippen MR) is 76.8 cm³/mol. The van der Waals surface area contributed by atoms with Gasteiger partial charge in [0.25, 0.3) is 0 Å². The second-order valence-electron chi connectivity index (χ2n) is 5.11. The summed E-state index contributed by atoms with van der Waals surface area (Å²) >= 11 is 0. The van der Waals surface area contributed by atoms with Crippen molar-refractivity contribution in [1.82, 2.24) is 10.6 Å². The average molecular weight is 292 g/mol. The van der Waals surface area contributed by atoms with Crippen molar-refractivity contribution >= 4 is 12.1 Å². The third-order valence-electron chi connectivity index (χ3n) is 3.61. The molecule has 6 heteroatoms. The number of ether oxygens (including phenoxy) is 1. The molecule has 0 saturated carbocycles. The smallest absolute Gasteiger partial charge is 0.408 e. The van der Waals surface area contributed by atoms with Gasteiger partial charge < -0.3 is 20.5 Å². The fourth-order valence-corrected chi connectivity index (χ4v) is 2.45. The molecule has 1 aliphatic rings. The molecule has 0 spiro atoms. The van der Waals surface area contributed by atoms with Crippen molar-refractivity contribution in [3.63, 3.8) is 0 Å². The number of benzene rings is 1. The van der Waals surface area contributed by atoms with Gasteiger partial charge in [-0.05, 0) is 37.4 Å². The molecule has 1 aromatic carbocycles. The SMILES string of the molecule is O=C(N[C@H](C(=O)O)C1CCNCC1)OCc1ccccc1. The van der Waals surface area contributed by atoms with Crippen molar-refractivity contribution in [1.29, 1.82) is 0 Å². The number of aliphatic carboxylic acids is 1. The zero-order valence-electron chi connectivity index (χ0n) is 11.7. The lowest BCUT2D eigenvalue weighted by Crippen LogP contribution is -2.49. The Labute approximate surface area is 123 Å². The van der Waals surface area contributed by atoms with Crippen molar-refractivity contribution in [3.8, 4) is 0 Å². The van der Waals surface area contributed by atoms with Crippen LogP contribution in [0.3, 0.4) is 0 Å². The summed E-state index contributed by atoms with van der Waals surface area (Å²) in [4.78, 5) is 23.1. The molecule has 1 amide bonds. The number of amides is 1. The number of hydrogen-bond acceptors (Lipinski definition) is 4. The lowest BCUT2D eigenvalue weighted by Gasteiger charge is -2.28. The molecule has 1 aliphatic heterocycles. The van der Waals surface area contributed by atoms with Gasteiger partial charge in [-0.1, -0.05) is 30.3 Å². The normalized spacial score (nSPS) is 17.0. The van der Waals surface area contributed by atoms with Gasteiger partial charge >= 0.3 is 12.1 Å². The topological polar surface area (TPSA) is 87.7 Å². The Bertz CT molecular complexity index is 472. The maximum absolute atomic E-state index is 11.8. The largest absolute Gasteiger partial charge is 0.480 e. The predicted octanol–water partition coefficient (Wildman–Crippen LogP) is 1.37. The lowest BCUT2D eigenvalue weighted by atomic mass is 9.90. The van der Waals surface area contributed by atoms with E-state index in [9.17, 15) is 14.7 Å². The van der Waals surface area contributed by atoms with Crippen LogP contribution in [0.2, 0.25) is 0 Å². The second kappa shape index (κ2) is 7.64. The van der Waals surface area contributed by atoms with E-state index in [1.165, 1.54) is 0 Å². The molecule has 3 N–H and O–H groups in total. The van der Waals surface area contributed by atoms with Gasteiger partial charge in [0.05, 0.1) is 0 Å². The van der Waals surface area contributed by atoms with E-state index < -0.39 is 18.1 Å². The molecule has 1 aromatic rings. The van der Waals surface area contributed by atoms with Crippen LogP contribution in [0, 0.1) is 5.92 Å². The number of hydrogen-bond donors (Lipinski definition) is 3. The third kappa shape index (κ3) is 4.75. The molecule has 1 fully saturated rings. The van der Waals surface area contributed by atoms with E-state index >= 15 is 0 Å². The number of piperidine rings is 1. The van der Waals surface area contributed by atoms with Crippen LogP contribution < -0.4 is 10.6 Å². The summed E-state index contributed by atoms with van der Waals surface area (Å²) in [7, 11) is 0. The molecule has 1 atom stereocenters. The molecule has 0 aliphatic carbocycles. The summed E-state index contributed by atoms with van der Waals surface area (Å²) in [5.41, 5.74) is 0.862. The monoisotopic (exact) mass is 292 g/mol. The molecule has 1 saturated heterocycles. The van der Waals surface area contributed by atoms with Gasteiger partial charge in [0.1, 0.15) is 12.6 Å². The van der Waals surface area contributed by atoms with E-state index in [0.717, 1.165) is 31.5 Å². The molecule has 0 aromatic heterocycles. The van der Waals surface area contributed by atoms with Crippen LogP contribution in [0.1, 0.15) is 18.4 Å². The first-order valence-electron chi connectivity index (χ1n) is 7.07. The fraction of sp³-hybridized carbons (Fsp3) is 0.467. The average Bonchev–Trinajstić information content (AvgIpc) is 2.52. The van der Waals surface area contributed by atoms with Crippen LogP contribution in [0.25, 0.3) is 0 Å². The highest BCUT2D eigenvalue weighted by atomic mass is 16.5. The summed E-state index contributed by atoms with van der Waals surface area (Å²) in [6.07, 6.45) is 0.774. The first-order chi connectivity index (χ1) is 10.2. The van der Waals surface area contributed by atoms with E-state index in [2.05, 4.69) is 10.6 Å². The van der Waals surface area contributed by atoms with Crippen molar-refractivity contribution in [2.45, 2.75) is 25.5 Å².